The molecule has 1 aliphatic carbocycles. The van der Waals surface area contributed by atoms with E-state index in [0.29, 0.717) is 11.4 Å². The predicted molar refractivity (Wildman–Crippen MR) is 125 cm³/mol. The summed E-state index contributed by atoms with van der Waals surface area (Å²) in [6.07, 6.45) is 7.32. The van der Waals surface area contributed by atoms with Crippen LogP contribution < -0.4 is 10.2 Å². The molecule has 4 rings (SSSR count). The Morgan fingerprint density at radius 1 is 1.12 bits per heavy atom. The fraction of sp³-hybridized carbons (Fsp3) is 0.360. The van der Waals surface area contributed by atoms with Crippen LogP contribution in [-0.4, -0.2) is 22.4 Å². The first kappa shape index (κ1) is 22.3. The number of hydrogen-bond donors (Lipinski definition) is 1. The van der Waals surface area contributed by atoms with Gasteiger partial charge in [0.2, 0.25) is 11.8 Å². The Morgan fingerprint density at radius 2 is 1.88 bits per heavy atom. The van der Waals surface area contributed by atoms with Crippen LogP contribution in [0, 0.1) is 5.82 Å². The minimum Gasteiger partial charge on any atom is -0.352 e. The first-order valence-corrected chi connectivity index (χ1v) is 11.9. The van der Waals surface area contributed by atoms with Gasteiger partial charge >= 0.3 is 0 Å². The second kappa shape index (κ2) is 10.1. The van der Waals surface area contributed by atoms with Gasteiger partial charge < -0.3 is 9.88 Å². The molecule has 7 heteroatoms. The van der Waals surface area contributed by atoms with Crippen molar-refractivity contribution < 1.29 is 14.0 Å². The van der Waals surface area contributed by atoms with Crippen LogP contribution in [0.15, 0.2) is 60.1 Å². The number of benzene rings is 1. The molecular weight excluding hydrogens is 425 g/mol. The zero-order valence-electron chi connectivity index (χ0n) is 18.2. The molecule has 1 aromatic carbocycles. The van der Waals surface area contributed by atoms with Crippen LogP contribution in [0.5, 0.6) is 0 Å². The lowest BCUT2D eigenvalue weighted by Gasteiger charge is -2.33. The number of amides is 2. The number of anilines is 1. The van der Waals surface area contributed by atoms with Crippen LogP contribution >= 0.6 is 11.3 Å². The maximum Gasteiger partial charge on any atom is 0.249 e. The van der Waals surface area contributed by atoms with E-state index in [2.05, 4.69) is 5.32 Å². The number of thiophene rings is 1. The lowest BCUT2D eigenvalue weighted by atomic mass is 9.95. The van der Waals surface area contributed by atoms with Crippen LogP contribution in [-0.2, 0) is 23.1 Å². The van der Waals surface area contributed by atoms with Crippen molar-refractivity contribution >= 4 is 28.8 Å². The van der Waals surface area contributed by atoms with Gasteiger partial charge in [-0.15, -0.1) is 11.3 Å². The highest BCUT2D eigenvalue weighted by Crippen LogP contribution is 2.30. The van der Waals surface area contributed by atoms with Crippen molar-refractivity contribution in [2.24, 2.45) is 7.05 Å². The van der Waals surface area contributed by atoms with Gasteiger partial charge in [0.15, 0.2) is 6.04 Å². The monoisotopic (exact) mass is 453 g/mol. The molecule has 0 aliphatic heterocycles. The molecule has 0 bridgehead atoms. The van der Waals surface area contributed by atoms with E-state index < -0.39 is 6.04 Å². The molecule has 1 saturated carbocycles. The van der Waals surface area contributed by atoms with Gasteiger partial charge in [-0.3, -0.25) is 14.5 Å². The second-order valence-corrected chi connectivity index (χ2v) is 9.32. The van der Waals surface area contributed by atoms with Crippen LogP contribution in [0.2, 0.25) is 0 Å². The minimum absolute atomic E-state index is 0.112. The number of hydrogen-bond acceptors (Lipinski definition) is 3. The Labute approximate surface area is 191 Å². The van der Waals surface area contributed by atoms with Gasteiger partial charge in [0.1, 0.15) is 5.82 Å². The zero-order chi connectivity index (χ0) is 22.5. The molecule has 5 nitrogen and oxygen atoms in total. The van der Waals surface area contributed by atoms with Crippen molar-refractivity contribution in [1.82, 2.24) is 9.88 Å². The van der Waals surface area contributed by atoms with E-state index in [1.54, 1.807) is 12.1 Å². The highest BCUT2D eigenvalue weighted by atomic mass is 32.1. The fourth-order valence-electron chi connectivity index (χ4n) is 4.36. The molecule has 2 aromatic heterocycles. The maximum atomic E-state index is 13.7. The number of carbonyl (C=O) groups excluding carboxylic acids is 2. The molecule has 3 aromatic rings. The molecule has 0 spiro atoms. The largest absolute Gasteiger partial charge is 0.352 e. The third-order valence-electron chi connectivity index (χ3n) is 6.00. The van der Waals surface area contributed by atoms with Crippen LogP contribution in [0.1, 0.15) is 48.7 Å². The third-order valence-corrected chi connectivity index (χ3v) is 6.88. The van der Waals surface area contributed by atoms with E-state index in [0.717, 1.165) is 30.6 Å². The van der Waals surface area contributed by atoms with E-state index in [1.807, 2.05) is 47.5 Å². The number of carbonyl (C=O) groups is 2. The summed E-state index contributed by atoms with van der Waals surface area (Å²) in [4.78, 5) is 29.7. The Morgan fingerprint density at radius 3 is 2.50 bits per heavy atom. The summed E-state index contributed by atoms with van der Waals surface area (Å²) in [7, 11) is 1.86. The Balaban J connectivity index is 1.72. The summed E-state index contributed by atoms with van der Waals surface area (Å²) in [6.45, 7) is 0. The summed E-state index contributed by atoms with van der Waals surface area (Å²) in [5.41, 5.74) is 1.21. The van der Waals surface area contributed by atoms with Crippen molar-refractivity contribution in [2.75, 3.05) is 4.90 Å². The topological polar surface area (TPSA) is 54.3 Å². The van der Waals surface area contributed by atoms with Gasteiger partial charge in [0.05, 0.1) is 12.1 Å². The summed E-state index contributed by atoms with van der Waals surface area (Å²) < 4.78 is 15.5. The maximum absolute atomic E-state index is 13.7. The van der Waals surface area contributed by atoms with Crippen molar-refractivity contribution in [2.45, 2.75) is 50.6 Å². The quantitative estimate of drug-likeness (QED) is 0.548. The molecule has 0 saturated heterocycles. The SMILES string of the molecule is Cn1cccc1[C@H](C(=O)NC1CCCCC1)N(C(=O)Cc1cccs1)c1ccc(F)cc1. The summed E-state index contributed by atoms with van der Waals surface area (Å²) in [5, 5.41) is 5.12. The summed E-state index contributed by atoms with van der Waals surface area (Å²) in [5.74, 6) is -0.798. The zero-order valence-corrected chi connectivity index (χ0v) is 19.0. The van der Waals surface area contributed by atoms with E-state index in [4.69, 9.17) is 0 Å². The predicted octanol–water partition coefficient (Wildman–Crippen LogP) is 4.99. The summed E-state index contributed by atoms with van der Waals surface area (Å²) in [6, 6.07) is 12.6. The number of rotatable bonds is 7. The molecule has 0 unspecified atom stereocenters. The van der Waals surface area contributed by atoms with Gasteiger partial charge in [-0.05, 0) is 60.7 Å². The van der Waals surface area contributed by atoms with Gasteiger partial charge in [-0.2, -0.15) is 0 Å². The molecule has 1 N–H and O–H groups in total. The third kappa shape index (κ3) is 5.10. The molecule has 1 fully saturated rings. The van der Waals surface area contributed by atoms with Crippen LogP contribution in [0.4, 0.5) is 10.1 Å². The first-order valence-electron chi connectivity index (χ1n) is 11.0. The number of nitrogens with one attached hydrogen (secondary N) is 1. The lowest BCUT2D eigenvalue weighted by Crippen LogP contribution is -2.48. The van der Waals surface area contributed by atoms with E-state index >= 15 is 0 Å². The van der Waals surface area contributed by atoms with Gasteiger partial charge in [-0.25, -0.2) is 4.39 Å². The molecule has 168 valence electrons. The molecule has 1 aliphatic rings. The van der Waals surface area contributed by atoms with Crippen molar-refractivity contribution in [3.63, 3.8) is 0 Å². The van der Waals surface area contributed by atoms with Crippen molar-refractivity contribution in [1.29, 1.82) is 0 Å². The van der Waals surface area contributed by atoms with Gasteiger partial charge in [0.25, 0.3) is 0 Å². The van der Waals surface area contributed by atoms with E-state index in [9.17, 15) is 14.0 Å². The second-order valence-electron chi connectivity index (χ2n) is 8.29. The van der Waals surface area contributed by atoms with Crippen molar-refractivity contribution in [3.8, 4) is 0 Å². The van der Waals surface area contributed by atoms with Crippen molar-refractivity contribution in [3.05, 3.63) is 76.5 Å². The van der Waals surface area contributed by atoms with Crippen LogP contribution in [0.25, 0.3) is 0 Å². The molecule has 0 radical (unpaired) electrons. The van der Waals surface area contributed by atoms with Crippen LogP contribution in [0.3, 0.4) is 0 Å². The fourth-order valence-corrected chi connectivity index (χ4v) is 5.05. The normalized spacial score (nSPS) is 15.3. The average molecular weight is 454 g/mol. The standard InChI is InChI=1S/C25H28FN3O2S/c1-28-15-5-10-22(28)24(25(31)27-19-7-3-2-4-8-19)29(20-13-11-18(26)12-14-20)23(30)17-21-9-6-16-32-21/h5-6,9-16,19,24H,2-4,7-8,17H2,1H3,(H,27,31)/t24-/m1/s1. The summed E-state index contributed by atoms with van der Waals surface area (Å²) >= 11 is 1.50. The lowest BCUT2D eigenvalue weighted by molar-refractivity contribution is -0.127. The number of aromatic nitrogens is 1. The number of aryl methyl sites for hydroxylation is 1. The first-order chi connectivity index (χ1) is 15.5. The van der Waals surface area contributed by atoms with E-state index in [-0.39, 0.29) is 30.1 Å². The Bertz CT molecular complexity index is 1040. The molecule has 2 amide bonds. The highest BCUT2D eigenvalue weighted by molar-refractivity contribution is 7.10. The van der Waals surface area contributed by atoms with Gasteiger partial charge in [0, 0.05) is 29.9 Å². The molecule has 2 heterocycles. The molecule has 1 atom stereocenters. The Kier molecular flexibility index (Phi) is 7.05. The average Bonchev–Trinajstić information content (AvgIpc) is 3.45. The van der Waals surface area contributed by atoms with E-state index in [1.165, 1.54) is 34.8 Å². The highest BCUT2D eigenvalue weighted by Gasteiger charge is 2.35. The minimum atomic E-state index is -0.852. The number of nitrogens with zero attached hydrogens (tertiary/aromatic N) is 2. The molecule has 32 heavy (non-hydrogen) atoms. The number of halogens is 1. The molecular formula is C25H28FN3O2S. The van der Waals surface area contributed by atoms with Gasteiger partial charge in [-0.1, -0.05) is 25.3 Å². The Hall–Kier alpha value is -2.93. The smallest absolute Gasteiger partial charge is 0.249 e.